The highest BCUT2D eigenvalue weighted by atomic mass is 35.5. The number of halogens is 1. The topological polar surface area (TPSA) is 55.2 Å². The van der Waals surface area contributed by atoms with E-state index < -0.39 is 4.92 Å². The molecule has 5 heteroatoms. The van der Waals surface area contributed by atoms with Gasteiger partial charge in [0.25, 0.3) is 5.69 Å². The number of nitrogens with one attached hydrogen (secondary N) is 1. The first-order valence-electron chi connectivity index (χ1n) is 8.58. The van der Waals surface area contributed by atoms with Gasteiger partial charge in [-0.15, -0.1) is 0 Å². The van der Waals surface area contributed by atoms with E-state index in [1.54, 1.807) is 12.1 Å². The number of fused-ring (bicyclic) bond motifs is 3. The summed E-state index contributed by atoms with van der Waals surface area (Å²) in [6.45, 7) is 2.16. The number of rotatable bonds is 3. The molecule has 0 spiro atoms. The largest absolute Gasteiger partial charge is 0.378 e. The van der Waals surface area contributed by atoms with Gasteiger partial charge in [-0.25, -0.2) is 0 Å². The number of nitro benzene ring substituents is 1. The molecule has 0 saturated carbocycles. The fraction of sp³-hybridized carbons (Fsp3) is 0.300. The molecule has 1 heterocycles. The highest BCUT2D eigenvalue weighted by molar-refractivity contribution is 6.32. The van der Waals surface area contributed by atoms with Crippen LogP contribution in [0.2, 0.25) is 5.02 Å². The molecule has 0 unspecified atom stereocenters. The number of nitrogens with zero attached hydrogens (tertiary/aromatic N) is 1. The van der Waals surface area contributed by atoms with Crippen molar-refractivity contribution in [2.45, 2.75) is 31.7 Å². The molecule has 0 amide bonds. The quantitative estimate of drug-likeness (QED) is 0.441. The summed E-state index contributed by atoms with van der Waals surface area (Å²) in [5.74, 6) is 0.711. The number of benzene rings is 2. The standard InChI is InChI=1S/C20H19ClN2O2/c1-2-12-6-9-18-16(10-12)14-4-3-5-15(14)20(22-18)13-7-8-17(21)19(11-13)23(24)25/h3-4,6-11,14-15,20,22H,2,5H2,1H3/t14-,15+,20+/m1/s1. The summed E-state index contributed by atoms with van der Waals surface area (Å²) in [6.07, 6.45) is 6.49. The van der Waals surface area contributed by atoms with Gasteiger partial charge in [0.15, 0.2) is 0 Å². The van der Waals surface area contributed by atoms with Gasteiger partial charge in [-0.05, 0) is 47.6 Å². The summed E-state index contributed by atoms with van der Waals surface area (Å²) in [7, 11) is 0. The van der Waals surface area contributed by atoms with Gasteiger partial charge in [-0.3, -0.25) is 10.1 Å². The molecular formula is C20H19ClN2O2. The van der Waals surface area contributed by atoms with Gasteiger partial charge in [-0.2, -0.15) is 0 Å². The fourth-order valence-corrected chi connectivity index (χ4v) is 4.24. The second-order valence-electron chi connectivity index (χ2n) is 6.72. The molecular weight excluding hydrogens is 336 g/mol. The van der Waals surface area contributed by atoms with Crippen molar-refractivity contribution in [2.24, 2.45) is 5.92 Å². The van der Waals surface area contributed by atoms with Crippen molar-refractivity contribution in [2.75, 3.05) is 5.32 Å². The minimum absolute atomic E-state index is 0.0319. The van der Waals surface area contributed by atoms with E-state index in [9.17, 15) is 10.1 Å². The zero-order valence-electron chi connectivity index (χ0n) is 13.9. The summed E-state index contributed by atoms with van der Waals surface area (Å²) in [5.41, 5.74) is 4.67. The van der Waals surface area contributed by atoms with E-state index in [-0.39, 0.29) is 16.8 Å². The number of anilines is 1. The highest BCUT2D eigenvalue weighted by Gasteiger charge is 2.38. The third kappa shape index (κ3) is 2.71. The number of nitro groups is 1. The average Bonchev–Trinajstić information content (AvgIpc) is 3.11. The van der Waals surface area contributed by atoms with Crippen LogP contribution in [-0.4, -0.2) is 4.92 Å². The van der Waals surface area contributed by atoms with Crippen molar-refractivity contribution < 1.29 is 4.92 Å². The minimum Gasteiger partial charge on any atom is -0.378 e. The Morgan fingerprint density at radius 2 is 2.12 bits per heavy atom. The number of aryl methyl sites for hydroxylation is 1. The van der Waals surface area contributed by atoms with E-state index in [0.717, 1.165) is 24.1 Å². The van der Waals surface area contributed by atoms with E-state index in [1.165, 1.54) is 11.1 Å². The van der Waals surface area contributed by atoms with Crippen LogP contribution in [0.5, 0.6) is 0 Å². The third-order valence-electron chi connectivity index (χ3n) is 5.36. The molecule has 25 heavy (non-hydrogen) atoms. The Morgan fingerprint density at radius 3 is 2.88 bits per heavy atom. The Hall–Kier alpha value is -2.33. The second-order valence-corrected chi connectivity index (χ2v) is 7.13. The van der Waals surface area contributed by atoms with Crippen LogP contribution in [0.1, 0.15) is 42.0 Å². The van der Waals surface area contributed by atoms with Gasteiger partial charge in [-0.1, -0.05) is 48.9 Å². The lowest BCUT2D eigenvalue weighted by Gasteiger charge is -2.37. The molecule has 2 aromatic rings. The molecule has 2 aromatic carbocycles. The Morgan fingerprint density at radius 1 is 1.28 bits per heavy atom. The van der Waals surface area contributed by atoms with Crippen LogP contribution in [0.25, 0.3) is 0 Å². The molecule has 128 valence electrons. The van der Waals surface area contributed by atoms with Crippen molar-refractivity contribution >= 4 is 23.0 Å². The van der Waals surface area contributed by atoms with Crippen LogP contribution >= 0.6 is 11.6 Å². The predicted octanol–water partition coefficient (Wildman–Crippen LogP) is 5.64. The maximum Gasteiger partial charge on any atom is 0.288 e. The molecule has 1 aliphatic heterocycles. The molecule has 4 nitrogen and oxygen atoms in total. The van der Waals surface area contributed by atoms with Gasteiger partial charge in [0.1, 0.15) is 5.02 Å². The number of hydrogen-bond donors (Lipinski definition) is 1. The van der Waals surface area contributed by atoms with E-state index >= 15 is 0 Å². The molecule has 0 saturated heterocycles. The van der Waals surface area contributed by atoms with E-state index in [1.807, 2.05) is 6.07 Å². The first kappa shape index (κ1) is 16.2. The van der Waals surface area contributed by atoms with Crippen LogP contribution in [0.15, 0.2) is 48.6 Å². The summed E-state index contributed by atoms with van der Waals surface area (Å²) < 4.78 is 0. The maximum atomic E-state index is 11.2. The summed E-state index contributed by atoms with van der Waals surface area (Å²) >= 11 is 5.98. The predicted molar refractivity (Wildman–Crippen MR) is 100 cm³/mol. The molecule has 0 radical (unpaired) electrons. The number of hydrogen-bond acceptors (Lipinski definition) is 3. The Bertz CT molecular complexity index is 878. The summed E-state index contributed by atoms with van der Waals surface area (Å²) in [6, 6.07) is 11.7. The lowest BCUT2D eigenvalue weighted by atomic mass is 9.76. The van der Waals surface area contributed by atoms with Gasteiger partial charge >= 0.3 is 0 Å². The second kappa shape index (κ2) is 6.19. The lowest BCUT2D eigenvalue weighted by molar-refractivity contribution is -0.384. The van der Waals surface area contributed by atoms with Crippen LogP contribution in [0.3, 0.4) is 0 Å². The van der Waals surface area contributed by atoms with Crippen molar-refractivity contribution in [3.05, 3.63) is 80.4 Å². The monoisotopic (exact) mass is 354 g/mol. The van der Waals surface area contributed by atoms with Gasteiger partial charge < -0.3 is 5.32 Å². The van der Waals surface area contributed by atoms with Crippen molar-refractivity contribution in [1.82, 2.24) is 0 Å². The van der Waals surface area contributed by atoms with Crippen molar-refractivity contribution in [3.8, 4) is 0 Å². The average molecular weight is 355 g/mol. The molecule has 0 bridgehead atoms. The third-order valence-corrected chi connectivity index (χ3v) is 5.68. The Balaban J connectivity index is 1.77. The first-order chi connectivity index (χ1) is 12.1. The smallest absolute Gasteiger partial charge is 0.288 e. The zero-order valence-corrected chi connectivity index (χ0v) is 14.7. The normalized spacial score (nSPS) is 23.7. The van der Waals surface area contributed by atoms with E-state index in [0.29, 0.717) is 11.8 Å². The maximum absolute atomic E-state index is 11.2. The number of allylic oxidation sites excluding steroid dienone is 2. The summed E-state index contributed by atoms with van der Waals surface area (Å²) in [5, 5.41) is 15.0. The molecule has 3 atom stereocenters. The molecule has 1 N–H and O–H groups in total. The molecule has 0 aromatic heterocycles. The first-order valence-corrected chi connectivity index (χ1v) is 8.96. The SMILES string of the molecule is CCc1ccc2c(c1)[C@@H]1C=CC[C@@H]1[C@H](c1ccc(Cl)c([N+](=O)[O-])c1)N2. The van der Waals surface area contributed by atoms with Gasteiger partial charge in [0, 0.05) is 17.7 Å². The lowest BCUT2D eigenvalue weighted by Crippen LogP contribution is -2.29. The van der Waals surface area contributed by atoms with Crippen molar-refractivity contribution in [3.63, 3.8) is 0 Å². The highest BCUT2D eigenvalue weighted by Crippen LogP contribution is 2.50. The van der Waals surface area contributed by atoms with Crippen LogP contribution in [0, 0.1) is 16.0 Å². The zero-order chi connectivity index (χ0) is 17.6. The molecule has 0 fully saturated rings. The van der Waals surface area contributed by atoms with Crippen molar-refractivity contribution in [1.29, 1.82) is 0 Å². The fourth-order valence-electron chi connectivity index (χ4n) is 4.06. The van der Waals surface area contributed by atoms with Gasteiger partial charge in [0.2, 0.25) is 0 Å². The van der Waals surface area contributed by atoms with Crippen LogP contribution in [0.4, 0.5) is 11.4 Å². The Labute approximate surface area is 151 Å². The van der Waals surface area contributed by atoms with E-state index in [4.69, 9.17) is 11.6 Å². The molecule has 4 rings (SSSR count). The summed E-state index contributed by atoms with van der Waals surface area (Å²) in [4.78, 5) is 10.8. The minimum atomic E-state index is -0.416. The van der Waals surface area contributed by atoms with Gasteiger partial charge in [0.05, 0.1) is 11.0 Å². The Kier molecular flexibility index (Phi) is 4.00. The molecule has 2 aliphatic rings. The molecule has 1 aliphatic carbocycles. The van der Waals surface area contributed by atoms with Crippen LogP contribution < -0.4 is 5.32 Å². The van der Waals surface area contributed by atoms with Crippen LogP contribution in [-0.2, 0) is 6.42 Å². The van der Waals surface area contributed by atoms with E-state index in [2.05, 4.69) is 42.6 Å².